The van der Waals surface area contributed by atoms with E-state index >= 15 is 0 Å². The van der Waals surface area contributed by atoms with Crippen LogP contribution in [0.4, 0.5) is 4.79 Å². The molecule has 1 heterocycles. The van der Waals surface area contributed by atoms with Gasteiger partial charge in [-0.1, -0.05) is 35.6 Å². The van der Waals surface area contributed by atoms with Gasteiger partial charge in [0.2, 0.25) is 0 Å². The normalized spacial score (nSPS) is 14.9. The molecule has 4 heteroatoms. The van der Waals surface area contributed by atoms with E-state index in [0.717, 1.165) is 5.56 Å². The van der Waals surface area contributed by atoms with Gasteiger partial charge in [-0.15, -0.1) is 0 Å². The van der Waals surface area contributed by atoms with Crippen molar-refractivity contribution in [3.8, 4) is 11.8 Å². The van der Waals surface area contributed by atoms with Crippen LogP contribution in [0.3, 0.4) is 0 Å². The molecule has 1 aromatic rings. The van der Waals surface area contributed by atoms with E-state index in [1.54, 1.807) is 6.07 Å². The summed E-state index contributed by atoms with van der Waals surface area (Å²) < 4.78 is 0. The van der Waals surface area contributed by atoms with Gasteiger partial charge in [-0.3, -0.25) is 0 Å². The van der Waals surface area contributed by atoms with Crippen LogP contribution in [-0.2, 0) is 0 Å². The molecular formula is C12H10ClNO2. The van der Waals surface area contributed by atoms with Crippen LogP contribution in [0, 0.1) is 17.8 Å². The smallest absolute Gasteiger partial charge is 0.407 e. The first-order valence-electron chi connectivity index (χ1n) is 4.91. The Morgan fingerprint density at radius 2 is 2.12 bits per heavy atom. The average molecular weight is 236 g/mol. The number of likely N-dealkylation sites (tertiary alicyclic amines) is 1. The van der Waals surface area contributed by atoms with Crippen molar-refractivity contribution in [1.29, 1.82) is 0 Å². The summed E-state index contributed by atoms with van der Waals surface area (Å²) >= 11 is 5.94. The van der Waals surface area contributed by atoms with Gasteiger partial charge in [0.1, 0.15) is 0 Å². The molecule has 1 aromatic carbocycles. The summed E-state index contributed by atoms with van der Waals surface area (Å²) in [4.78, 5) is 11.9. The lowest BCUT2D eigenvalue weighted by Gasteiger charge is -2.33. The third-order valence-electron chi connectivity index (χ3n) is 2.44. The van der Waals surface area contributed by atoms with Crippen LogP contribution in [0.15, 0.2) is 24.3 Å². The second kappa shape index (κ2) is 4.46. The Morgan fingerprint density at radius 3 is 2.75 bits per heavy atom. The number of amides is 1. The number of hydrogen-bond donors (Lipinski definition) is 1. The first-order valence-corrected chi connectivity index (χ1v) is 5.28. The average Bonchev–Trinajstić information content (AvgIpc) is 2.17. The molecule has 0 atom stereocenters. The van der Waals surface area contributed by atoms with E-state index in [9.17, 15) is 4.79 Å². The fourth-order valence-electron chi connectivity index (χ4n) is 1.47. The second-order valence-electron chi connectivity index (χ2n) is 3.63. The Hall–Kier alpha value is -1.66. The van der Waals surface area contributed by atoms with E-state index in [-0.39, 0.29) is 5.92 Å². The Bertz CT molecular complexity index is 469. The second-order valence-corrected chi connectivity index (χ2v) is 4.04. The van der Waals surface area contributed by atoms with Crippen LogP contribution >= 0.6 is 11.6 Å². The Morgan fingerprint density at radius 1 is 1.44 bits per heavy atom. The molecule has 1 aliphatic heterocycles. The van der Waals surface area contributed by atoms with E-state index < -0.39 is 6.09 Å². The minimum absolute atomic E-state index is 0.132. The Labute approximate surface area is 98.6 Å². The minimum atomic E-state index is -0.879. The molecule has 1 aliphatic rings. The van der Waals surface area contributed by atoms with Gasteiger partial charge in [-0.25, -0.2) is 4.79 Å². The number of hydrogen-bond acceptors (Lipinski definition) is 1. The highest BCUT2D eigenvalue weighted by Crippen LogP contribution is 2.16. The van der Waals surface area contributed by atoms with Gasteiger partial charge in [0.05, 0.1) is 10.9 Å². The number of rotatable bonds is 0. The quantitative estimate of drug-likeness (QED) is 0.701. The molecule has 0 aromatic heterocycles. The van der Waals surface area contributed by atoms with Gasteiger partial charge in [0, 0.05) is 18.7 Å². The standard InChI is InChI=1S/C12H10ClNO2/c13-11-4-2-1-3-10(11)6-5-9-7-14(8-9)12(15)16/h1-4,9H,7-8H2,(H,15,16). The monoisotopic (exact) mass is 235 g/mol. The van der Waals surface area contributed by atoms with Crippen molar-refractivity contribution in [3.05, 3.63) is 34.9 Å². The van der Waals surface area contributed by atoms with Crippen molar-refractivity contribution in [2.45, 2.75) is 0 Å². The van der Waals surface area contributed by atoms with E-state index in [4.69, 9.17) is 16.7 Å². The maximum Gasteiger partial charge on any atom is 0.407 e. The van der Waals surface area contributed by atoms with E-state index in [1.165, 1.54) is 4.90 Å². The number of carboxylic acid groups (broad SMARTS) is 1. The van der Waals surface area contributed by atoms with Gasteiger partial charge in [0.25, 0.3) is 0 Å². The summed E-state index contributed by atoms with van der Waals surface area (Å²) in [7, 11) is 0. The predicted molar refractivity (Wildman–Crippen MR) is 61.4 cm³/mol. The molecule has 82 valence electrons. The summed E-state index contributed by atoms with van der Waals surface area (Å²) in [5.41, 5.74) is 0.790. The Balaban J connectivity index is 1.98. The van der Waals surface area contributed by atoms with E-state index in [0.29, 0.717) is 18.1 Å². The van der Waals surface area contributed by atoms with Crippen LogP contribution in [0.5, 0.6) is 0 Å². The SMILES string of the molecule is O=C(O)N1CC(C#Cc2ccccc2Cl)C1. The van der Waals surface area contributed by atoms with Crippen molar-refractivity contribution >= 4 is 17.7 Å². The molecule has 1 N–H and O–H groups in total. The zero-order valence-corrected chi connectivity index (χ0v) is 9.24. The summed E-state index contributed by atoms with van der Waals surface area (Å²) in [6.45, 7) is 0.986. The molecule has 0 radical (unpaired) electrons. The lowest BCUT2D eigenvalue weighted by Crippen LogP contribution is -2.48. The van der Waals surface area contributed by atoms with Crippen molar-refractivity contribution in [2.75, 3.05) is 13.1 Å². The van der Waals surface area contributed by atoms with Gasteiger partial charge >= 0.3 is 6.09 Å². The molecule has 0 unspecified atom stereocenters. The highest BCUT2D eigenvalue weighted by atomic mass is 35.5. The highest BCUT2D eigenvalue weighted by Gasteiger charge is 2.28. The van der Waals surface area contributed by atoms with Gasteiger partial charge in [-0.05, 0) is 12.1 Å². The fraction of sp³-hybridized carbons (Fsp3) is 0.250. The highest BCUT2D eigenvalue weighted by molar-refractivity contribution is 6.31. The van der Waals surface area contributed by atoms with Gasteiger partial charge < -0.3 is 10.0 Å². The van der Waals surface area contributed by atoms with Crippen LogP contribution in [-0.4, -0.2) is 29.2 Å². The largest absolute Gasteiger partial charge is 0.465 e. The molecule has 0 saturated carbocycles. The topological polar surface area (TPSA) is 40.5 Å². The maximum absolute atomic E-state index is 10.5. The minimum Gasteiger partial charge on any atom is -0.465 e. The lowest BCUT2D eigenvalue weighted by molar-refractivity contribution is 0.0999. The van der Waals surface area contributed by atoms with Crippen molar-refractivity contribution in [3.63, 3.8) is 0 Å². The zero-order chi connectivity index (χ0) is 11.5. The molecule has 2 rings (SSSR count). The number of nitrogens with zero attached hydrogens (tertiary/aromatic N) is 1. The first-order chi connectivity index (χ1) is 7.66. The molecule has 1 saturated heterocycles. The molecule has 0 aliphatic carbocycles. The first kappa shape index (κ1) is 10.8. The zero-order valence-electron chi connectivity index (χ0n) is 8.48. The molecule has 0 spiro atoms. The van der Waals surface area contributed by atoms with Gasteiger partial charge in [-0.2, -0.15) is 0 Å². The molecule has 3 nitrogen and oxygen atoms in total. The number of benzene rings is 1. The van der Waals surface area contributed by atoms with Crippen molar-refractivity contribution in [1.82, 2.24) is 4.90 Å². The number of halogens is 1. The third kappa shape index (κ3) is 2.29. The predicted octanol–water partition coefficient (Wildman–Crippen LogP) is 2.30. The third-order valence-corrected chi connectivity index (χ3v) is 2.77. The summed E-state index contributed by atoms with van der Waals surface area (Å²) in [6, 6.07) is 7.36. The lowest BCUT2D eigenvalue weighted by atomic mass is 10.0. The summed E-state index contributed by atoms with van der Waals surface area (Å²) in [5, 5.41) is 9.27. The molecule has 16 heavy (non-hydrogen) atoms. The van der Waals surface area contributed by atoms with Crippen molar-refractivity contribution in [2.24, 2.45) is 5.92 Å². The van der Waals surface area contributed by atoms with Crippen LogP contribution in [0.25, 0.3) is 0 Å². The van der Waals surface area contributed by atoms with Crippen molar-refractivity contribution < 1.29 is 9.90 Å². The van der Waals surface area contributed by atoms with Crippen LogP contribution < -0.4 is 0 Å². The van der Waals surface area contributed by atoms with Crippen LogP contribution in [0.1, 0.15) is 5.56 Å². The van der Waals surface area contributed by atoms with Crippen LogP contribution in [0.2, 0.25) is 5.02 Å². The van der Waals surface area contributed by atoms with E-state index in [2.05, 4.69) is 11.8 Å². The molecule has 1 fully saturated rings. The maximum atomic E-state index is 10.5. The van der Waals surface area contributed by atoms with Gasteiger partial charge in [0.15, 0.2) is 0 Å². The number of carbonyl (C=O) groups is 1. The molecular weight excluding hydrogens is 226 g/mol. The molecule has 0 bridgehead atoms. The molecule has 1 amide bonds. The fourth-order valence-corrected chi connectivity index (χ4v) is 1.65. The Kier molecular flexibility index (Phi) is 3.02. The summed E-state index contributed by atoms with van der Waals surface area (Å²) in [5.74, 6) is 6.13. The summed E-state index contributed by atoms with van der Waals surface area (Å²) in [6.07, 6.45) is -0.879. The van der Waals surface area contributed by atoms with E-state index in [1.807, 2.05) is 18.2 Å².